The van der Waals surface area contributed by atoms with Gasteiger partial charge in [0.15, 0.2) is 6.04 Å². The maximum Gasteiger partial charge on any atom is 0.416 e. The number of hydrogen-bond donors (Lipinski definition) is 1. The second kappa shape index (κ2) is 14.6. The molecule has 9 nitrogen and oxygen atoms in total. The minimum Gasteiger partial charge on any atom is -0.339 e. The Labute approximate surface area is 291 Å². The van der Waals surface area contributed by atoms with Gasteiger partial charge >= 0.3 is 6.18 Å². The van der Waals surface area contributed by atoms with E-state index in [-0.39, 0.29) is 22.7 Å². The van der Waals surface area contributed by atoms with Gasteiger partial charge in [0.25, 0.3) is 17.7 Å². The molecule has 3 heterocycles. The van der Waals surface area contributed by atoms with Gasteiger partial charge in [0.2, 0.25) is 0 Å². The third-order valence-electron chi connectivity index (χ3n) is 8.25. The van der Waals surface area contributed by atoms with Crippen molar-refractivity contribution in [3.63, 3.8) is 0 Å². The second-order valence-corrected chi connectivity index (χ2v) is 11.8. The molecule has 0 unspecified atom stereocenters. The zero-order chi connectivity index (χ0) is 36.1. The number of halogens is 3. The first-order valence-corrected chi connectivity index (χ1v) is 15.8. The number of aromatic nitrogens is 3. The number of pyridine rings is 3. The van der Waals surface area contributed by atoms with Gasteiger partial charge < -0.3 is 10.2 Å². The summed E-state index contributed by atoms with van der Waals surface area (Å²) < 4.78 is 39.3. The molecule has 6 aromatic rings. The molecule has 6 rings (SSSR count). The van der Waals surface area contributed by atoms with Gasteiger partial charge in [-0.3, -0.25) is 29.3 Å². The fourth-order valence-electron chi connectivity index (χ4n) is 5.53. The molecule has 0 spiro atoms. The summed E-state index contributed by atoms with van der Waals surface area (Å²) in [4.78, 5) is 56.9. The normalized spacial score (nSPS) is 11.9. The van der Waals surface area contributed by atoms with E-state index in [1.165, 1.54) is 35.2 Å². The molecule has 0 aliphatic rings. The Balaban J connectivity index is 1.21. The van der Waals surface area contributed by atoms with Crippen molar-refractivity contribution in [1.82, 2.24) is 25.2 Å². The first-order chi connectivity index (χ1) is 24.5. The summed E-state index contributed by atoms with van der Waals surface area (Å²) in [5, 5.41) is 3.46. The van der Waals surface area contributed by atoms with Gasteiger partial charge in [-0.15, -0.1) is 0 Å². The summed E-state index contributed by atoms with van der Waals surface area (Å²) >= 11 is 0. The first-order valence-electron chi connectivity index (χ1n) is 15.8. The summed E-state index contributed by atoms with van der Waals surface area (Å²) in [6.07, 6.45) is -1.47. The molecular formula is C39H31F3N6O3. The number of amides is 3. The zero-order valence-electron chi connectivity index (χ0n) is 27.5. The number of carbonyl (C=O) groups is 3. The fraction of sp³-hybridized carbons (Fsp3) is 0.128. The van der Waals surface area contributed by atoms with E-state index < -0.39 is 29.6 Å². The van der Waals surface area contributed by atoms with Crippen LogP contribution in [0, 0.1) is 0 Å². The molecule has 0 saturated carbocycles. The third-order valence-corrected chi connectivity index (χ3v) is 8.25. The number of hydrogen-bond acceptors (Lipinski definition) is 6. The zero-order valence-corrected chi connectivity index (χ0v) is 27.5. The van der Waals surface area contributed by atoms with Crippen molar-refractivity contribution < 1.29 is 27.6 Å². The van der Waals surface area contributed by atoms with Crippen LogP contribution in [-0.4, -0.2) is 51.7 Å². The summed E-state index contributed by atoms with van der Waals surface area (Å²) in [5.74, 6) is -0.990. The van der Waals surface area contributed by atoms with Crippen molar-refractivity contribution in [2.24, 2.45) is 0 Å². The number of benzene rings is 3. The highest BCUT2D eigenvalue weighted by molar-refractivity contribution is 6.09. The number of likely N-dealkylation sites (N-methyl/N-ethyl adjacent to an activating group) is 1. The molecule has 0 saturated heterocycles. The molecule has 0 aliphatic carbocycles. The second-order valence-electron chi connectivity index (χ2n) is 11.8. The van der Waals surface area contributed by atoms with Crippen LogP contribution >= 0.6 is 0 Å². The van der Waals surface area contributed by atoms with E-state index >= 15 is 0 Å². The predicted molar refractivity (Wildman–Crippen MR) is 187 cm³/mol. The Morgan fingerprint density at radius 1 is 0.784 bits per heavy atom. The maximum absolute atomic E-state index is 13.6. The van der Waals surface area contributed by atoms with Crippen molar-refractivity contribution in [2.45, 2.75) is 18.8 Å². The first kappa shape index (κ1) is 34.4. The predicted octanol–water partition coefficient (Wildman–Crippen LogP) is 7.12. The molecule has 0 radical (unpaired) electrons. The monoisotopic (exact) mass is 688 g/mol. The highest BCUT2D eigenvalue weighted by Crippen LogP contribution is 2.32. The van der Waals surface area contributed by atoms with Gasteiger partial charge in [0, 0.05) is 49.5 Å². The highest BCUT2D eigenvalue weighted by atomic mass is 19.4. The fourth-order valence-corrected chi connectivity index (χ4v) is 5.53. The van der Waals surface area contributed by atoms with Crippen LogP contribution in [0.3, 0.4) is 0 Å². The molecular weight excluding hydrogens is 657 g/mol. The molecule has 256 valence electrons. The summed E-state index contributed by atoms with van der Waals surface area (Å²) in [6.45, 7) is 0.344. The number of fused-ring (bicyclic) bond motifs is 1. The lowest BCUT2D eigenvalue weighted by Gasteiger charge is -2.24. The van der Waals surface area contributed by atoms with Crippen LogP contribution in [0.4, 0.5) is 19.0 Å². The molecule has 3 aromatic heterocycles. The van der Waals surface area contributed by atoms with Gasteiger partial charge in [-0.2, -0.15) is 13.2 Å². The lowest BCUT2D eigenvalue weighted by atomic mass is 10.0. The van der Waals surface area contributed by atoms with Crippen molar-refractivity contribution in [3.05, 3.63) is 156 Å². The van der Waals surface area contributed by atoms with Crippen LogP contribution in [0.1, 0.15) is 43.6 Å². The molecule has 3 aromatic carbocycles. The van der Waals surface area contributed by atoms with Crippen LogP contribution in [0.2, 0.25) is 0 Å². The average molecular weight is 689 g/mol. The van der Waals surface area contributed by atoms with Crippen molar-refractivity contribution >= 4 is 34.4 Å². The minimum absolute atomic E-state index is 0.181. The summed E-state index contributed by atoms with van der Waals surface area (Å²) in [5.41, 5.74) is 2.08. The smallest absolute Gasteiger partial charge is 0.339 e. The van der Waals surface area contributed by atoms with E-state index in [9.17, 15) is 27.6 Å². The van der Waals surface area contributed by atoms with Crippen LogP contribution in [0.15, 0.2) is 128 Å². The molecule has 3 amide bonds. The van der Waals surface area contributed by atoms with Crippen LogP contribution in [0.5, 0.6) is 0 Å². The standard InChI is InChI=1S/C39H31F3N6O3/c1-47(24-25-9-4-3-5-10-25)38(51)35(32-12-6-7-21-43-32)46-36(49)28-15-19-31-27(23-28)16-20-33(45-31)48(2)37(50)30-11-8-22-44-34(30)26-13-17-29(18-14-26)39(40,41)42/h3-23,35H,24H2,1-2H3,(H,46,49)/t35-/m0/s1. The van der Waals surface area contributed by atoms with E-state index in [4.69, 9.17) is 0 Å². The van der Waals surface area contributed by atoms with E-state index in [2.05, 4.69) is 20.3 Å². The summed E-state index contributed by atoms with van der Waals surface area (Å²) in [6, 6.07) is 29.4. The molecule has 0 fully saturated rings. The minimum atomic E-state index is -4.49. The molecule has 12 heteroatoms. The number of anilines is 1. The SMILES string of the molecule is CN(Cc1ccccc1)C(=O)[C@@H](NC(=O)c1ccc2nc(N(C)C(=O)c3cccnc3-c3ccc(C(F)(F)F)cc3)ccc2c1)c1ccccn1. The highest BCUT2D eigenvalue weighted by Gasteiger charge is 2.31. The third kappa shape index (κ3) is 7.75. The van der Waals surface area contributed by atoms with E-state index in [1.54, 1.807) is 73.9 Å². The van der Waals surface area contributed by atoms with E-state index in [0.29, 0.717) is 34.5 Å². The van der Waals surface area contributed by atoms with E-state index in [0.717, 1.165) is 17.7 Å². The van der Waals surface area contributed by atoms with Gasteiger partial charge in [-0.1, -0.05) is 48.5 Å². The molecule has 51 heavy (non-hydrogen) atoms. The van der Waals surface area contributed by atoms with Gasteiger partial charge in [0.1, 0.15) is 5.82 Å². The summed E-state index contributed by atoms with van der Waals surface area (Å²) in [7, 11) is 3.20. The number of carbonyl (C=O) groups excluding carboxylic acids is 3. The van der Waals surface area contributed by atoms with Crippen LogP contribution in [0.25, 0.3) is 22.2 Å². The molecule has 0 bridgehead atoms. The lowest BCUT2D eigenvalue weighted by Crippen LogP contribution is -2.41. The average Bonchev–Trinajstić information content (AvgIpc) is 3.16. The number of rotatable bonds is 9. The number of alkyl halides is 3. The van der Waals surface area contributed by atoms with Crippen LogP contribution < -0.4 is 10.2 Å². The Hall–Kier alpha value is -6.43. The largest absolute Gasteiger partial charge is 0.416 e. The number of nitrogens with zero attached hydrogens (tertiary/aromatic N) is 5. The van der Waals surface area contributed by atoms with Gasteiger partial charge in [-0.05, 0) is 72.3 Å². The Morgan fingerprint density at radius 2 is 1.51 bits per heavy atom. The van der Waals surface area contributed by atoms with Crippen molar-refractivity contribution in [1.29, 1.82) is 0 Å². The molecule has 0 aliphatic heterocycles. The lowest BCUT2D eigenvalue weighted by molar-refractivity contribution is -0.137. The topological polar surface area (TPSA) is 108 Å². The molecule has 1 atom stereocenters. The molecule has 1 N–H and O–H groups in total. The Kier molecular flexibility index (Phi) is 9.85. The Morgan fingerprint density at radius 3 is 2.22 bits per heavy atom. The quantitative estimate of drug-likeness (QED) is 0.173. The maximum atomic E-state index is 13.6. The van der Waals surface area contributed by atoms with E-state index in [1.807, 2.05) is 30.3 Å². The van der Waals surface area contributed by atoms with Crippen molar-refractivity contribution in [3.8, 4) is 11.3 Å². The van der Waals surface area contributed by atoms with Crippen molar-refractivity contribution in [2.75, 3.05) is 19.0 Å². The van der Waals surface area contributed by atoms with Crippen LogP contribution in [-0.2, 0) is 17.5 Å². The number of nitrogens with one attached hydrogen (secondary N) is 1. The van der Waals surface area contributed by atoms with Gasteiger partial charge in [0.05, 0.1) is 28.0 Å². The Bertz CT molecular complexity index is 2200. The van der Waals surface area contributed by atoms with Gasteiger partial charge in [-0.25, -0.2) is 4.98 Å².